The number of amides is 2. The van der Waals surface area contributed by atoms with E-state index in [1.54, 1.807) is 6.20 Å². The van der Waals surface area contributed by atoms with Gasteiger partial charge in [0.25, 0.3) is 0 Å². The van der Waals surface area contributed by atoms with Gasteiger partial charge in [0.15, 0.2) is 14.0 Å². The number of fused-ring (bicyclic) bond motifs is 1. The SMILES string of the molecule is CC(O[Si](C)(C)C(C)(C)C)C(Oc1cccc(-c2cc(NC(=O)NC3CCOCC3)c3cnn(C(C)C)c3n2)c1)C(C)(C)C. The summed E-state index contributed by atoms with van der Waals surface area (Å²) in [7, 11) is -2.00. The van der Waals surface area contributed by atoms with Crippen molar-refractivity contribution in [3.63, 3.8) is 0 Å². The first-order valence-electron chi connectivity index (χ1n) is 15.9. The quantitative estimate of drug-likeness (QED) is 0.233. The zero-order chi connectivity index (χ0) is 32.4. The molecule has 0 radical (unpaired) electrons. The predicted molar refractivity (Wildman–Crippen MR) is 181 cm³/mol. The molecule has 1 aromatic carbocycles. The molecule has 3 heterocycles. The van der Waals surface area contributed by atoms with Crippen LogP contribution in [0.3, 0.4) is 0 Å². The zero-order valence-electron chi connectivity index (χ0n) is 28.6. The highest BCUT2D eigenvalue weighted by Crippen LogP contribution is 2.40. The average Bonchev–Trinajstić information content (AvgIpc) is 3.36. The Kier molecular flexibility index (Phi) is 10.2. The number of hydrogen-bond donors (Lipinski definition) is 2. The lowest BCUT2D eigenvalue weighted by Gasteiger charge is -2.43. The van der Waals surface area contributed by atoms with E-state index in [-0.39, 0.29) is 40.8 Å². The first-order valence-corrected chi connectivity index (χ1v) is 18.9. The molecule has 242 valence electrons. The van der Waals surface area contributed by atoms with Crippen molar-refractivity contribution in [2.75, 3.05) is 18.5 Å². The van der Waals surface area contributed by atoms with Gasteiger partial charge in [-0.25, -0.2) is 14.5 Å². The number of carbonyl (C=O) groups is 1. The molecule has 2 N–H and O–H groups in total. The highest BCUT2D eigenvalue weighted by Gasteiger charge is 2.42. The van der Waals surface area contributed by atoms with E-state index >= 15 is 0 Å². The molecule has 2 atom stereocenters. The fraction of sp³-hybridized carbons (Fsp3) is 0.618. The number of nitrogens with zero attached hydrogens (tertiary/aromatic N) is 3. The number of nitrogens with one attached hydrogen (secondary N) is 2. The van der Waals surface area contributed by atoms with Crippen LogP contribution < -0.4 is 15.4 Å². The second-order valence-corrected chi connectivity index (χ2v) is 19.7. The standard InChI is InChI=1S/C34H53N5O4Si/c1-22(2)39-31-27(21-35-39)29(38-32(40)36-25-15-17-41-18-16-25)20-28(37-31)24-13-12-14-26(19-24)42-30(33(4,5)6)23(3)43-44(10,11)34(7,8)9/h12-14,19-23,25,30H,15-18H2,1-11H3,(H2,36,37,38,40). The van der Waals surface area contributed by atoms with Gasteiger partial charge in [0.1, 0.15) is 11.9 Å². The lowest BCUT2D eigenvalue weighted by molar-refractivity contribution is -0.0110. The second kappa shape index (κ2) is 13.2. The zero-order valence-corrected chi connectivity index (χ0v) is 29.6. The topological polar surface area (TPSA) is 99.5 Å². The third kappa shape index (κ3) is 8.00. The Morgan fingerprint density at radius 2 is 1.75 bits per heavy atom. The Labute approximate surface area is 264 Å². The normalized spacial score (nSPS) is 16.6. The van der Waals surface area contributed by atoms with Gasteiger partial charge in [0.05, 0.1) is 29.1 Å². The lowest BCUT2D eigenvalue weighted by Crippen LogP contribution is -2.50. The van der Waals surface area contributed by atoms with Crippen molar-refractivity contribution >= 4 is 31.1 Å². The van der Waals surface area contributed by atoms with Crippen LogP contribution in [0.15, 0.2) is 36.5 Å². The number of rotatable bonds is 9. The monoisotopic (exact) mass is 623 g/mol. The van der Waals surface area contributed by atoms with Gasteiger partial charge in [0, 0.05) is 36.3 Å². The van der Waals surface area contributed by atoms with Crippen LogP contribution in [0.2, 0.25) is 18.1 Å². The largest absolute Gasteiger partial charge is 0.487 e. The van der Waals surface area contributed by atoms with Gasteiger partial charge >= 0.3 is 6.03 Å². The molecule has 0 spiro atoms. The summed E-state index contributed by atoms with van der Waals surface area (Å²) in [6.45, 7) is 25.5. The van der Waals surface area contributed by atoms with Crippen molar-refractivity contribution in [2.24, 2.45) is 5.41 Å². The summed E-state index contributed by atoms with van der Waals surface area (Å²) in [6, 6.07) is 9.88. The smallest absolute Gasteiger partial charge is 0.319 e. The number of pyridine rings is 1. The van der Waals surface area contributed by atoms with Gasteiger partial charge in [-0.1, -0.05) is 53.7 Å². The summed E-state index contributed by atoms with van der Waals surface area (Å²) < 4.78 is 20.9. The summed E-state index contributed by atoms with van der Waals surface area (Å²) in [5, 5.41) is 11.7. The number of ether oxygens (including phenoxy) is 2. The molecule has 4 rings (SSSR count). The van der Waals surface area contributed by atoms with Crippen LogP contribution in [0.1, 0.15) is 81.2 Å². The third-order valence-electron chi connectivity index (χ3n) is 8.82. The molecular formula is C34H53N5O4Si. The highest BCUT2D eigenvalue weighted by molar-refractivity contribution is 6.74. The number of anilines is 1. The molecule has 1 saturated heterocycles. The summed E-state index contributed by atoms with van der Waals surface area (Å²) in [5.74, 6) is 0.749. The molecule has 0 aliphatic carbocycles. The van der Waals surface area contributed by atoms with E-state index in [4.69, 9.17) is 18.9 Å². The van der Waals surface area contributed by atoms with E-state index < -0.39 is 8.32 Å². The number of carbonyl (C=O) groups excluding carboxylic acids is 1. The van der Waals surface area contributed by atoms with E-state index in [0.29, 0.717) is 24.5 Å². The summed E-state index contributed by atoms with van der Waals surface area (Å²) in [6.07, 6.45) is 3.11. The minimum absolute atomic E-state index is 0.0894. The Morgan fingerprint density at radius 1 is 1.07 bits per heavy atom. The first kappa shape index (κ1) is 33.9. The van der Waals surface area contributed by atoms with E-state index in [1.165, 1.54) is 0 Å². The predicted octanol–water partition coefficient (Wildman–Crippen LogP) is 8.18. The van der Waals surface area contributed by atoms with Crippen molar-refractivity contribution < 1.29 is 18.7 Å². The van der Waals surface area contributed by atoms with Gasteiger partial charge in [-0.15, -0.1) is 0 Å². The van der Waals surface area contributed by atoms with Gasteiger partial charge in [0.2, 0.25) is 0 Å². The number of aromatic nitrogens is 3. The molecule has 3 aromatic rings. The molecule has 44 heavy (non-hydrogen) atoms. The summed E-state index contributed by atoms with van der Waals surface area (Å²) >= 11 is 0. The Balaban J connectivity index is 1.65. The van der Waals surface area contributed by atoms with Crippen molar-refractivity contribution in [2.45, 2.75) is 118 Å². The van der Waals surface area contributed by atoms with Crippen LogP contribution in [0.25, 0.3) is 22.3 Å². The van der Waals surface area contributed by atoms with Crippen LogP contribution >= 0.6 is 0 Å². The highest BCUT2D eigenvalue weighted by atomic mass is 28.4. The minimum atomic E-state index is -2.00. The third-order valence-corrected chi connectivity index (χ3v) is 13.4. The van der Waals surface area contributed by atoms with Crippen LogP contribution in [0.5, 0.6) is 5.75 Å². The maximum absolute atomic E-state index is 13.1. The molecule has 2 aromatic heterocycles. The minimum Gasteiger partial charge on any atom is -0.487 e. The Bertz CT molecular complexity index is 1430. The second-order valence-electron chi connectivity index (χ2n) is 15.0. The molecule has 1 aliphatic heterocycles. The number of urea groups is 1. The Hall–Kier alpha value is -2.95. The molecule has 1 aliphatic rings. The average molecular weight is 624 g/mol. The van der Waals surface area contributed by atoms with Crippen molar-refractivity contribution in [1.82, 2.24) is 20.1 Å². The summed E-state index contributed by atoms with van der Waals surface area (Å²) in [4.78, 5) is 18.1. The van der Waals surface area contributed by atoms with Crippen LogP contribution in [0.4, 0.5) is 10.5 Å². The maximum atomic E-state index is 13.1. The molecule has 0 saturated carbocycles. The number of hydrogen-bond acceptors (Lipinski definition) is 6. The first-order chi connectivity index (χ1) is 20.5. The molecule has 2 unspecified atom stereocenters. The summed E-state index contributed by atoms with van der Waals surface area (Å²) in [5.41, 5.74) is 2.84. The van der Waals surface area contributed by atoms with E-state index in [1.807, 2.05) is 35.0 Å². The Morgan fingerprint density at radius 3 is 2.36 bits per heavy atom. The van der Waals surface area contributed by atoms with Gasteiger partial charge in [-0.05, 0) is 69.9 Å². The van der Waals surface area contributed by atoms with Gasteiger partial charge < -0.3 is 24.5 Å². The number of benzene rings is 1. The molecule has 9 nitrogen and oxygen atoms in total. The maximum Gasteiger partial charge on any atom is 0.319 e. The molecule has 10 heteroatoms. The van der Waals surface area contributed by atoms with Crippen LogP contribution in [0, 0.1) is 5.41 Å². The van der Waals surface area contributed by atoms with Gasteiger partial charge in [-0.2, -0.15) is 5.10 Å². The lowest BCUT2D eigenvalue weighted by atomic mass is 9.86. The van der Waals surface area contributed by atoms with Crippen LogP contribution in [-0.2, 0) is 9.16 Å². The van der Waals surface area contributed by atoms with Crippen molar-refractivity contribution in [1.29, 1.82) is 0 Å². The molecule has 1 fully saturated rings. The molecule has 0 bridgehead atoms. The fourth-order valence-corrected chi connectivity index (χ4v) is 6.79. The van der Waals surface area contributed by atoms with E-state index in [0.717, 1.165) is 35.2 Å². The van der Waals surface area contributed by atoms with E-state index in [2.05, 4.69) is 91.1 Å². The van der Waals surface area contributed by atoms with Crippen molar-refractivity contribution in [3.8, 4) is 17.0 Å². The van der Waals surface area contributed by atoms with Crippen molar-refractivity contribution in [3.05, 3.63) is 36.5 Å². The van der Waals surface area contributed by atoms with Gasteiger partial charge in [-0.3, -0.25) is 0 Å². The fourth-order valence-electron chi connectivity index (χ4n) is 5.39. The molecular weight excluding hydrogens is 570 g/mol. The van der Waals surface area contributed by atoms with Crippen LogP contribution in [-0.4, -0.2) is 60.6 Å². The van der Waals surface area contributed by atoms with E-state index in [9.17, 15) is 4.79 Å². The molecule has 2 amide bonds.